The highest BCUT2D eigenvalue weighted by atomic mass is 35.5. The third-order valence-corrected chi connectivity index (χ3v) is 4.98. The minimum atomic E-state index is 0. The van der Waals surface area contributed by atoms with E-state index in [1.807, 2.05) is 6.20 Å². The molecule has 0 bridgehead atoms. The topological polar surface area (TPSA) is 60.1 Å². The molecular formula is C16H25ClN6. The number of H-pyrrole nitrogens is 1. The van der Waals surface area contributed by atoms with Gasteiger partial charge in [-0.2, -0.15) is 5.10 Å². The molecule has 2 aliphatic heterocycles. The third kappa shape index (κ3) is 3.50. The van der Waals surface area contributed by atoms with Crippen LogP contribution < -0.4 is 5.32 Å². The van der Waals surface area contributed by atoms with Crippen molar-refractivity contribution in [3.05, 3.63) is 23.5 Å². The third-order valence-electron chi connectivity index (χ3n) is 4.98. The molecule has 6 nitrogen and oxygen atoms in total. The van der Waals surface area contributed by atoms with Gasteiger partial charge in [0.25, 0.3) is 0 Å². The summed E-state index contributed by atoms with van der Waals surface area (Å²) in [7, 11) is 0. The minimum absolute atomic E-state index is 0. The summed E-state index contributed by atoms with van der Waals surface area (Å²) >= 11 is 0. The number of nitrogens with zero attached hydrogens (tertiary/aromatic N) is 4. The van der Waals surface area contributed by atoms with Gasteiger partial charge in [-0.25, -0.2) is 4.98 Å². The summed E-state index contributed by atoms with van der Waals surface area (Å²) in [6.45, 7) is 10.1. The Morgan fingerprint density at radius 1 is 1.26 bits per heavy atom. The standard InChI is InChI=1S/C16H24N6.ClH/c1-12-15-8-13(9-18-16(15)20-19-12)10-21-5-2-14(11-21)22-6-3-17-4-7-22;/h8-9,14,17H,2-7,10-11H2,1H3,(H,18,19,20);1H. The van der Waals surface area contributed by atoms with E-state index in [0.29, 0.717) is 0 Å². The van der Waals surface area contributed by atoms with Crippen LogP contribution in [0.4, 0.5) is 0 Å². The summed E-state index contributed by atoms with van der Waals surface area (Å²) in [4.78, 5) is 9.68. The second kappa shape index (κ2) is 7.13. The maximum Gasteiger partial charge on any atom is 0.181 e. The summed E-state index contributed by atoms with van der Waals surface area (Å²) in [6, 6.07) is 2.97. The van der Waals surface area contributed by atoms with Crippen molar-refractivity contribution in [3.8, 4) is 0 Å². The van der Waals surface area contributed by atoms with Crippen LogP contribution in [-0.4, -0.2) is 70.3 Å². The summed E-state index contributed by atoms with van der Waals surface area (Å²) in [5.74, 6) is 0. The lowest BCUT2D eigenvalue weighted by Gasteiger charge is -2.32. The van der Waals surface area contributed by atoms with Crippen LogP contribution in [0, 0.1) is 6.92 Å². The number of fused-ring (bicyclic) bond motifs is 1. The molecule has 1 unspecified atom stereocenters. The number of pyridine rings is 1. The molecule has 2 aromatic rings. The number of hydrogen-bond donors (Lipinski definition) is 2. The zero-order valence-corrected chi connectivity index (χ0v) is 14.4. The summed E-state index contributed by atoms with van der Waals surface area (Å²) in [5, 5.41) is 11.8. The Morgan fingerprint density at radius 3 is 2.91 bits per heavy atom. The molecule has 4 rings (SSSR count). The van der Waals surface area contributed by atoms with E-state index < -0.39 is 0 Å². The molecule has 4 heterocycles. The lowest BCUT2D eigenvalue weighted by Crippen LogP contribution is -2.49. The Kier molecular flexibility index (Phi) is 5.16. The molecule has 2 aromatic heterocycles. The van der Waals surface area contributed by atoms with Gasteiger partial charge in [-0.3, -0.25) is 14.9 Å². The Morgan fingerprint density at radius 2 is 2.09 bits per heavy atom. The van der Waals surface area contributed by atoms with Gasteiger partial charge in [-0.15, -0.1) is 12.4 Å². The first-order valence-corrected chi connectivity index (χ1v) is 8.26. The van der Waals surface area contributed by atoms with Crippen LogP contribution in [0.15, 0.2) is 12.3 Å². The van der Waals surface area contributed by atoms with Gasteiger partial charge in [0.05, 0.1) is 0 Å². The molecule has 126 valence electrons. The molecule has 0 saturated carbocycles. The van der Waals surface area contributed by atoms with Crippen LogP contribution in [0.25, 0.3) is 11.0 Å². The van der Waals surface area contributed by atoms with E-state index in [1.165, 1.54) is 38.2 Å². The SMILES string of the molecule is Cc1[nH]nc2ncc(CN3CCC(N4CCNCC4)C3)cc12.Cl. The number of likely N-dealkylation sites (tertiary alicyclic amines) is 1. The number of rotatable bonds is 3. The summed E-state index contributed by atoms with van der Waals surface area (Å²) in [6.07, 6.45) is 3.27. The van der Waals surface area contributed by atoms with Crippen LogP contribution in [0.3, 0.4) is 0 Å². The fraction of sp³-hybridized carbons (Fsp3) is 0.625. The molecule has 2 saturated heterocycles. The molecule has 2 aliphatic rings. The van der Waals surface area contributed by atoms with Crippen LogP contribution in [-0.2, 0) is 6.54 Å². The van der Waals surface area contributed by atoms with Crippen molar-refractivity contribution in [2.45, 2.75) is 25.9 Å². The van der Waals surface area contributed by atoms with Gasteiger partial charge in [0.1, 0.15) is 0 Å². The van der Waals surface area contributed by atoms with Crippen LogP contribution in [0.2, 0.25) is 0 Å². The van der Waals surface area contributed by atoms with Crippen molar-refractivity contribution in [1.82, 2.24) is 30.3 Å². The lowest BCUT2D eigenvalue weighted by atomic mass is 10.2. The molecule has 0 spiro atoms. The fourth-order valence-corrected chi connectivity index (χ4v) is 3.71. The molecule has 0 aromatic carbocycles. The first kappa shape index (κ1) is 16.6. The van der Waals surface area contributed by atoms with Crippen molar-refractivity contribution in [1.29, 1.82) is 0 Å². The van der Waals surface area contributed by atoms with E-state index in [-0.39, 0.29) is 12.4 Å². The van der Waals surface area contributed by atoms with Crippen LogP contribution in [0.1, 0.15) is 17.7 Å². The molecular weight excluding hydrogens is 312 g/mol. The quantitative estimate of drug-likeness (QED) is 0.881. The zero-order chi connectivity index (χ0) is 14.9. The van der Waals surface area contributed by atoms with Gasteiger partial charge >= 0.3 is 0 Å². The van der Waals surface area contributed by atoms with E-state index in [2.05, 4.69) is 43.3 Å². The van der Waals surface area contributed by atoms with Gasteiger partial charge in [0.15, 0.2) is 5.65 Å². The summed E-state index contributed by atoms with van der Waals surface area (Å²) < 4.78 is 0. The van der Waals surface area contributed by atoms with Gasteiger partial charge in [0.2, 0.25) is 0 Å². The Hall–Kier alpha value is -1.21. The summed E-state index contributed by atoms with van der Waals surface area (Å²) in [5.41, 5.74) is 3.21. The highest BCUT2D eigenvalue weighted by molar-refractivity contribution is 5.85. The predicted octanol–water partition coefficient (Wildman–Crippen LogP) is 1.17. The van der Waals surface area contributed by atoms with Gasteiger partial charge in [0, 0.05) is 69.1 Å². The van der Waals surface area contributed by atoms with E-state index >= 15 is 0 Å². The number of aromatic amines is 1. The van der Waals surface area contributed by atoms with Gasteiger partial charge < -0.3 is 5.32 Å². The highest BCUT2D eigenvalue weighted by Crippen LogP contribution is 2.20. The largest absolute Gasteiger partial charge is 0.314 e. The van der Waals surface area contributed by atoms with Crippen LogP contribution >= 0.6 is 12.4 Å². The fourth-order valence-electron chi connectivity index (χ4n) is 3.71. The molecule has 0 amide bonds. The van der Waals surface area contributed by atoms with Crippen LogP contribution in [0.5, 0.6) is 0 Å². The van der Waals surface area contributed by atoms with E-state index in [9.17, 15) is 0 Å². The molecule has 0 aliphatic carbocycles. The van der Waals surface area contributed by atoms with E-state index in [1.54, 1.807) is 0 Å². The van der Waals surface area contributed by atoms with Gasteiger partial charge in [-0.1, -0.05) is 0 Å². The number of piperazine rings is 1. The minimum Gasteiger partial charge on any atom is -0.314 e. The average Bonchev–Trinajstić information content (AvgIpc) is 3.16. The zero-order valence-electron chi connectivity index (χ0n) is 13.6. The maximum atomic E-state index is 4.47. The van der Waals surface area contributed by atoms with Gasteiger partial charge in [-0.05, 0) is 25.0 Å². The highest BCUT2D eigenvalue weighted by Gasteiger charge is 2.28. The monoisotopic (exact) mass is 336 g/mol. The number of aromatic nitrogens is 3. The second-order valence-corrected chi connectivity index (χ2v) is 6.53. The number of aryl methyl sites for hydroxylation is 1. The molecule has 23 heavy (non-hydrogen) atoms. The number of nitrogens with one attached hydrogen (secondary N) is 2. The first-order valence-electron chi connectivity index (χ1n) is 8.26. The van der Waals surface area contributed by atoms with Crippen molar-refractivity contribution in [3.63, 3.8) is 0 Å². The number of hydrogen-bond acceptors (Lipinski definition) is 5. The normalized spacial score (nSPS) is 23.3. The van der Waals surface area contributed by atoms with Crippen molar-refractivity contribution >= 4 is 23.4 Å². The molecule has 2 fully saturated rings. The first-order chi connectivity index (χ1) is 10.8. The molecule has 7 heteroatoms. The van der Waals surface area contributed by atoms with Crippen molar-refractivity contribution in [2.75, 3.05) is 39.3 Å². The number of halogens is 1. The lowest BCUT2D eigenvalue weighted by molar-refractivity contribution is 0.170. The molecule has 2 N–H and O–H groups in total. The van der Waals surface area contributed by atoms with E-state index in [0.717, 1.165) is 42.4 Å². The average molecular weight is 337 g/mol. The molecule has 1 atom stereocenters. The van der Waals surface area contributed by atoms with Crippen molar-refractivity contribution < 1.29 is 0 Å². The van der Waals surface area contributed by atoms with Crippen molar-refractivity contribution in [2.24, 2.45) is 0 Å². The second-order valence-electron chi connectivity index (χ2n) is 6.53. The Labute approximate surface area is 143 Å². The predicted molar refractivity (Wildman–Crippen MR) is 94.0 cm³/mol. The maximum absolute atomic E-state index is 4.47. The Balaban J connectivity index is 0.00000156. The smallest absolute Gasteiger partial charge is 0.181 e. The van der Waals surface area contributed by atoms with E-state index in [4.69, 9.17) is 0 Å². The molecule has 0 radical (unpaired) electrons. The Bertz CT molecular complexity index is 651.